The van der Waals surface area contributed by atoms with Crippen molar-refractivity contribution in [1.82, 2.24) is 46.0 Å². The van der Waals surface area contributed by atoms with E-state index in [1.54, 1.807) is 18.3 Å². The van der Waals surface area contributed by atoms with Crippen LogP contribution in [0, 0.1) is 34.3 Å². The number of aliphatic hydroxyl groups is 2. The zero-order chi connectivity index (χ0) is 60.3. The van der Waals surface area contributed by atoms with Crippen molar-refractivity contribution in [2.24, 2.45) is 10.8 Å². The maximum absolute atomic E-state index is 16.2. The van der Waals surface area contributed by atoms with Crippen molar-refractivity contribution in [3.05, 3.63) is 101 Å². The van der Waals surface area contributed by atoms with Crippen molar-refractivity contribution in [2.75, 3.05) is 44.9 Å². The van der Waals surface area contributed by atoms with Gasteiger partial charge < -0.3 is 45.6 Å². The van der Waals surface area contributed by atoms with Gasteiger partial charge in [0.2, 0.25) is 5.91 Å². The number of fused-ring (bicyclic) bond motifs is 2. The summed E-state index contributed by atoms with van der Waals surface area (Å²) < 4.78 is 131. The van der Waals surface area contributed by atoms with Gasteiger partial charge in [-0.3, -0.25) is 24.6 Å². The minimum atomic E-state index is -5.25. The molecule has 2 aromatic carbocycles. The zero-order valence-electron chi connectivity index (χ0n) is 46.0. The number of hydrogen-bond acceptors (Lipinski definition) is 13. The molecule has 0 spiro atoms. The number of aliphatic hydroxyl groups excluding tert-OH is 1. The molecule has 6 unspecified atom stereocenters. The second-order valence-corrected chi connectivity index (χ2v) is 22.5. The Labute approximate surface area is 467 Å². The summed E-state index contributed by atoms with van der Waals surface area (Å²) in [5.74, 6) is 1.03. The van der Waals surface area contributed by atoms with Gasteiger partial charge in [0.05, 0.1) is 67.2 Å². The van der Waals surface area contributed by atoms with Crippen molar-refractivity contribution >= 4 is 29.8 Å². The Kier molecular flexibility index (Phi) is 18.9. The molecule has 0 radical (unpaired) electrons. The van der Waals surface area contributed by atoms with Gasteiger partial charge in [-0.15, -0.1) is 0 Å². The van der Waals surface area contributed by atoms with E-state index in [4.69, 9.17) is 4.74 Å². The average Bonchev–Trinajstić information content (AvgIpc) is 2.87. The Hall–Kier alpha value is -7.12. The number of anilines is 1. The van der Waals surface area contributed by atoms with Crippen molar-refractivity contribution in [3.63, 3.8) is 0 Å². The van der Waals surface area contributed by atoms with Gasteiger partial charge in [0.25, 0.3) is 5.91 Å². The summed E-state index contributed by atoms with van der Waals surface area (Å²) in [6, 6.07) is 7.39. The molecule has 2 bridgehead atoms. The van der Waals surface area contributed by atoms with Crippen molar-refractivity contribution in [3.8, 4) is 23.1 Å². The van der Waals surface area contributed by atoms with Gasteiger partial charge in [0.1, 0.15) is 29.5 Å². The normalized spacial score (nSPS) is 18.6. The van der Waals surface area contributed by atoms with Gasteiger partial charge in [-0.1, -0.05) is 24.0 Å². The molecule has 2 aromatic heterocycles. The molecule has 3 aliphatic rings. The van der Waals surface area contributed by atoms with E-state index < -0.39 is 114 Å². The number of carbonyl (C=O) groups is 4. The summed E-state index contributed by atoms with van der Waals surface area (Å²) in [6.45, 7) is 6.22. The van der Waals surface area contributed by atoms with Gasteiger partial charge in [-0.05, 0) is 109 Å². The highest BCUT2D eigenvalue weighted by Crippen LogP contribution is 2.42. The van der Waals surface area contributed by atoms with Crippen LogP contribution in [0.2, 0.25) is 0 Å². The van der Waals surface area contributed by atoms with E-state index in [-0.39, 0.29) is 17.8 Å². The molecular weight excluding hydrogens is 1100 g/mol. The number of alkyl carbamates (subject to hydrolysis) is 1. The molecule has 0 saturated carbocycles. The zero-order valence-corrected chi connectivity index (χ0v) is 46.0. The summed E-state index contributed by atoms with van der Waals surface area (Å²) in [5.41, 5.74) is -4.96. The van der Waals surface area contributed by atoms with E-state index in [1.807, 2.05) is 22.9 Å². The van der Waals surface area contributed by atoms with Crippen LogP contribution in [0.1, 0.15) is 76.6 Å². The number of carboxylic acid groups (broad SMARTS) is 1. The number of methoxy groups -OCH3 is 1. The Morgan fingerprint density at radius 3 is 1.89 bits per heavy atom. The first kappa shape index (κ1) is 62.5. The van der Waals surface area contributed by atoms with Crippen molar-refractivity contribution in [1.29, 1.82) is 0 Å². The number of hydrogen-bond donors (Lipinski definition) is 7. The average molecular weight is 1160 g/mol. The summed E-state index contributed by atoms with van der Waals surface area (Å²) in [5, 5.41) is 42.3. The highest BCUT2D eigenvalue weighted by molar-refractivity contribution is 5.87. The van der Waals surface area contributed by atoms with Crippen LogP contribution in [0.4, 0.5) is 50.5 Å². The highest BCUT2D eigenvalue weighted by atomic mass is 19.4. The fourth-order valence-corrected chi connectivity index (χ4v) is 10.0. The van der Waals surface area contributed by atoms with E-state index in [1.165, 1.54) is 48.2 Å². The van der Waals surface area contributed by atoms with Crippen molar-refractivity contribution < 1.29 is 79.1 Å². The number of aromatic nitrogens is 3. The number of amides is 4. The molecule has 0 aliphatic carbocycles. The minimum absolute atomic E-state index is 0.00949. The quantitative estimate of drug-likeness (QED) is 0.0310. The maximum Gasteiger partial charge on any atom is 0.407 e. The third kappa shape index (κ3) is 14.9. The monoisotopic (exact) mass is 1160 g/mol. The molecule has 7 rings (SSSR count). The van der Waals surface area contributed by atoms with E-state index in [9.17, 15) is 60.8 Å². The van der Waals surface area contributed by atoms with E-state index in [0.717, 1.165) is 64.2 Å². The third-order valence-electron chi connectivity index (χ3n) is 15.0. The number of carbonyl (C=O) groups excluding carboxylic acids is 3. The molecule has 3 saturated heterocycles. The van der Waals surface area contributed by atoms with Crippen LogP contribution in [0.15, 0.2) is 67.0 Å². The lowest BCUT2D eigenvalue weighted by Crippen LogP contribution is -2.63. The van der Waals surface area contributed by atoms with Gasteiger partial charge in [0.15, 0.2) is 0 Å². The predicted molar refractivity (Wildman–Crippen MR) is 280 cm³/mol. The fourth-order valence-electron chi connectivity index (χ4n) is 10.0. The number of benzene rings is 2. The number of ether oxygens (including phenoxy) is 2. The Morgan fingerprint density at radius 1 is 0.805 bits per heavy atom. The molecule has 3 fully saturated rings. The first-order chi connectivity index (χ1) is 38.2. The van der Waals surface area contributed by atoms with Crippen LogP contribution in [-0.2, 0) is 38.6 Å². The number of rotatable bonds is 20. The summed E-state index contributed by atoms with van der Waals surface area (Å²) >= 11 is 0. The van der Waals surface area contributed by atoms with Crippen LogP contribution < -0.4 is 26.3 Å². The lowest BCUT2D eigenvalue weighted by atomic mass is 9.82. The molecule has 6 atom stereocenters. The van der Waals surface area contributed by atoms with E-state index >= 15 is 8.78 Å². The fraction of sp³-hybridized carbons (Fsp3) is 0.527. The van der Waals surface area contributed by atoms with E-state index in [0.29, 0.717) is 67.5 Å². The topological polar surface area (TPSA) is 236 Å². The largest absolute Gasteiger partial charge is 0.465 e. The lowest BCUT2D eigenvalue weighted by molar-refractivity contribution is -0.221. The van der Waals surface area contributed by atoms with Crippen LogP contribution in [0.25, 0.3) is 11.3 Å². The molecule has 19 nitrogen and oxygen atoms in total. The minimum Gasteiger partial charge on any atom is -0.465 e. The van der Waals surface area contributed by atoms with E-state index in [2.05, 4.69) is 41.8 Å². The number of piperazine rings is 1. The summed E-state index contributed by atoms with van der Waals surface area (Å²) in [7, 11) is 0.832. The first-order valence-electron chi connectivity index (χ1n) is 26.2. The number of halogens is 8. The number of hydrazine groups is 1. The second-order valence-electron chi connectivity index (χ2n) is 22.5. The van der Waals surface area contributed by atoms with Crippen LogP contribution in [0.3, 0.4) is 0 Å². The van der Waals surface area contributed by atoms with Gasteiger partial charge in [-0.2, -0.15) is 31.4 Å². The van der Waals surface area contributed by atoms with Crippen LogP contribution >= 0.6 is 0 Å². The van der Waals surface area contributed by atoms with Crippen LogP contribution in [0.5, 0.6) is 0 Å². The molecule has 446 valence electrons. The molecule has 4 amide bonds. The van der Waals surface area contributed by atoms with Gasteiger partial charge in [0, 0.05) is 72.9 Å². The number of nitrogens with one attached hydrogen (secondary N) is 4. The van der Waals surface area contributed by atoms with Gasteiger partial charge >= 0.3 is 24.5 Å². The summed E-state index contributed by atoms with van der Waals surface area (Å²) in [4.78, 5) is 61.8. The maximum atomic E-state index is 16.2. The first-order valence-corrected chi connectivity index (χ1v) is 26.2. The summed E-state index contributed by atoms with van der Waals surface area (Å²) in [6.07, 6.45) is -11.2. The van der Waals surface area contributed by atoms with Crippen molar-refractivity contribution in [2.45, 2.75) is 134 Å². The number of pyridine rings is 1. The predicted octanol–water partition coefficient (Wildman–Crippen LogP) is 5.91. The molecular formula is C55H66F8N10O9. The molecule has 4 aromatic rings. The molecule has 3 aliphatic heterocycles. The Bertz CT molecular complexity index is 2960. The smallest absolute Gasteiger partial charge is 0.407 e. The second kappa shape index (κ2) is 24.8. The SMILES string of the molecule is COC(=O)NC(C(=O)NC(Cc1ccc(C#Cc2ccc(N3CC4CCC(C3)N4C3COC3)nc2)cc1)C(O)CN(Cc1c(F)cc(-c2ccn(CC(C)(C)O)n2)cc1F)NC(=O)C(NC(=O)O)C(C)(C)C(F)(F)F)C(C)(C)C(F)(F)F. The number of alkyl halides is 6. The molecule has 7 N–H and O–H groups in total. The highest BCUT2D eigenvalue weighted by Gasteiger charge is 2.57. The standard InChI is InChI=1S/C55H66F8N10O9/c1-51(2,80)30-71-19-18-41(68-71)34-21-39(56)38(40(57)22-34)26-72(69-48(76)46(66-49(77)78)53(5,6)55(61,62)63)27-43(74)42(65-47(75)45(67-50(79)81-7)52(3,4)54(58,59)60)20-32-11-8-31(9-12-32)10-13-33-14-17-44(64-23-33)70-24-35-15-16-36(25-70)73(35)37-28-82-29-37/h8-9,11-12,14,17-19,21-23,35-37,42-43,45-46,66,74,80H,15-16,20,24-30H2,1-7H3,(H,65,75)(H,67,79)(H,69,76)(H,77,78). The number of nitrogens with zero attached hydrogens (tertiary/aromatic N) is 6. The molecule has 5 heterocycles. The Balaban J connectivity index is 1.18. The van der Waals surface area contributed by atoms with Gasteiger partial charge in [-0.25, -0.2) is 28.4 Å². The third-order valence-corrected chi connectivity index (χ3v) is 15.0. The Morgan fingerprint density at radius 2 is 1.38 bits per heavy atom. The molecule has 27 heteroatoms. The molecule has 82 heavy (non-hydrogen) atoms. The van der Waals surface area contributed by atoms with Crippen LogP contribution in [-0.4, -0.2) is 164 Å². The lowest BCUT2D eigenvalue weighted by Gasteiger charge is -2.47.